The van der Waals surface area contributed by atoms with E-state index in [1.807, 2.05) is 18.2 Å². The average Bonchev–Trinajstić information content (AvgIpc) is 2.40. The summed E-state index contributed by atoms with van der Waals surface area (Å²) in [6, 6.07) is 7.22. The molecule has 0 bridgehead atoms. The van der Waals surface area contributed by atoms with Crippen LogP contribution in [0.15, 0.2) is 24.3 Å². The molecule has 1 fully saturated rings. The number of amides is 1. The topological polar surface area (TPSA) is 61.8 Å². The van der Waals surface area contributed by atoms with E-state index in [-0.39, 0.29) is 12.5 Å². The highest BCUT2D eigenvalue weighted by molar-refractivity contribution is 5.92. The van der Waals surface area contributed by atoms with E-state index < -0.39 is 0 Å². The van der Waals surface area contributed by atoms with Gasteiger partial charge >= 0.3 is 0 Å². The van der Waals surface area contributed by atoms with Crippen LogP contribution in [-0.2, 0) is 16.1 Å². The van der Waals surface area contributed by atoms with Crippen LogP contribution in [0.1, 0.15) is 5.56 Å². The largest absolute Gasteiger partial charge is 0.392 e. The first-order valence-corrected chi connectivity index (χ1v) is 6.07. The van der Waals surface area contributed by atoms with Crippen LogP contribution in [0.3, 0.4) is 0 Å². The number of nitrogens with one attached hydrogen (secondary N) is 1. The number of nitrogens with zero attached hydrogens (tertiary/aromatic N) is 1. The van der Waals surface area contributed by atoms with Gasteiger partial charge in [-0.25, -0.2) is 0 Å². The lowest BCUT2D eigenvalue weighted by atomic mass is 10.2. The molecule has 1 heterocycles. The molecule has 2 rings (SSSR count). The Hall–Kier alpha value is -1.43. The number of benzene rings is 1. The number of anilines is 1. The molecule has 2 N–H and O–H groups in total. The summed E-state index contributed by atoms with van der Waals surface area (Å²) < 4.78 is 5.23. The Labute approximate surface area is 106 Å². The molecule has 5 heteroatoms. The summed E-state index contributed by atoms with van der Waals surface area (Å²) >= 11 is 0. The Morgan fingerprint density at radius 1 is 1.39 bits per heavy atom. The van der Waals surface area contributed by atoms with Crippen LogP contribution in [-0.4, -0.2) is 48.8 Å². The second-order valence-corrected chi connectivity index (χ2v) is 4.30. The normalized spacial score (nSPS) is 16.5. The highest BCUT2D eigenvalue weighted by Crippen LogP contribution is 2.10. The van der Waals surface area contributed by atoms with E-state index in [4.69, 9.17) is 9.84 Å². The fourth-order valence-electron chi connectivity index (χ4n) is 1.91. The van der Waals surface area contributed by atoms with E-state index >= 15 is 0 Å². The minimum Gasteiger partial charge on any atom is -0.392 e. The summed E-state index contributed by atoms with van der Waals surface area (Å²) in [7, 11) is 0. The Morgan fingerprint density at radius 2 is 2.17 bits per heavy atom. The molecule has 1 amide bonds. The van der Waals surface area contributed by atoms with E-state index in [0.29, 0.717) is 19.8 Å². The van der Waals surface area contributed by atoms with E-state index in [1.54, 1.807) is 6.07 Å². The molecule has 98 valence electrons. The second-order valence-electron chi connectivity index (χ2n) is 4.30. The smallest absolute Gasteiger partial charge is 0.238 e. The van der Waals surface area contributed by atoms with Crippen molar-refractivity contribution in [1.82, 2.24) is 4.90 Å². The summed E-state index contributed by atoms with van der Waals surface area (Å²) in [5.41, 5.74) is 1.51. The van der Waals surface area contributed by atoms with Gasteiger partial charge in [-0.05, 0) is 17.7 Å². The molecule has 0 aromatic heterocycles. The third-order valence-corrected chi connectivity index (χ3v) is 2.86. The lowest BCUT2D eigenvalue weighted by Crippen LogP contribution is -2.41. The lowest BCUT2D eigenvalue weighted by molar-refractivity contribution is -0.118. The van der Waals surface area contributed by atoms with Crippen molar-refractivity contribution < 1.29 is 14.6 Å². The van der Waals surface area contributed by atoms with Crippen molar-refractivity contribution in [2.45, 2.75) is 6.61 Å². The summed E-state index contributed by atoms with van der Waals surface area (Å²) in [5.74, 6) is -0.0352. The molecular formula is C13H18N2O3. The molecule has 1 aliphatic heterocycles. The molecule has 0 aliphatic carbocycles. The molecule has 0 radical (unpaired) electrons. The molecule has 18 heavy (non-hydrogen) atoms. The van der Waals surface area contributed by atoms with Crippen LogP contribution >= 0.6 is 0 Å². The number of hydrogen-bond donors (Lipinski definition) is 2. The predicted octanol–water partition coefficient (Wildman–Crippen LogP) is 0.450. The van der Waals surface area contributed by atoms with Gasteiger partial charge in [-0.1, -0.05) is 12.1 Å². The Bertz CT molecular complexity index is 403. The van der Waals surface area contributed by atoms with Crippen LogP contribution in [0.2, 0.25) is 0 Å². The molecule has 1 aromatic carbocycles. The lowest BCUT2D eigenvalue weighted by Gasteiger charge is -2.25. The van der Waals surface area contributed by atoms with Gasteiger partial charge in [0, 0.05) is 18.8 Å². The third kappa shape index (κ3) is 3.80. The van der Waals surface area contributed by atoms with E-state index in [0.717, 1.165) is 24.3 Å². The van der Waals surface area contributed by atoms with Gasteiger partial charge in [0.2, 0.25) is 5.91 Å². The number of aliphatic hydroxyl groups excluding tert-OH is 1. The molecule has 0 spiro atoms. The number of morpholine rings is 1. The van der Waals surface area contributed by atoms with Crippen molar-refractivity contribution in [3.05, 3.63) is 29.8 Å². The maximum atomic E-state index is 11.8. The van der Waals surface area contributed by atoms with Gasteiger partial charge in [0.15, 0.2) is 0 Å². The van der Waals surface area contributed by atoms with Crippen LogP contribution in [0.5, 0.6) is 0 Å². The van der Waals surface area contributed by atoms with Crippen LogP contribution in [0.4, 0.5) is 5.69 Å². The first-order valence-electron chi connectivity index (χ1n) is 6.07. The van der Waals surface area contributed by atoms with Crippen molar-refractivity contribution in [2.24, 2.45) is 0 Å². The number of carbonyl (C=O) groups excluding carboxylic acids is 1. The van der Waals surface area contributed by atoms with Gasteiger partial charge in [0.05, 0.1) is 26.4 Å². The van der Waals surface area contributed by atoms with Crippen molar-refractivity contribution in [3.8, 4) is 0 Å². The van der Waals surface area contributed by atoms with Crippen molar-refractivity contribution in [2.75, 3.05) is 38.2 Å². The number of rotatable bonds is 4. The quantitative estimate of drug-likeness (QED) is 0.814. The third-order valence-electron chi connectivity index (χ3n) is 2.86. The predicted molar refractivity (Wildman–Crippen MR) is 68.3 cm³/mol. The zero-order valence-electron chi connectivity index (χ0n) is 10.3. The first-order chi connectivity index (χ1) is 8.78. The maximum Gasteiger partial charge on any atom is 0.238 e. The van der Waals surface area contributed by atoms with E-state index in [1.165, 1.54) is 0 Å². The monoisotopic (exact) mass is 250 g/mol. The molecule has 0 saturated carbocycles. The maximum absolute atomic E-state index is 11.8. The summed E-state index contributed by atoms with van der Waals surface area (Å²) in [6.07, 6.45) is 0. The molecule has 1 saturated heterocycles. The second kappa shape index (κ2) is 6.49. The highest BCUT2D eigenvalue weighted by Gasteiger charge is 2.14. The van der Waals surface area contributed by atoms with E-state index in [9.17, 15) is 4.79 Å². The number of carbonyl (C=O) groups is 1. The molecular weight excluding hydrogens is 232 g/mol. The zero-order chi connectivity index (χ0) is 12.8. The van der Waals surface area contributed by atoms with Gasteiger partial charge in [-0.2, -0.15) is 0 Å². The van der Waals surface area contributed by atoms with Crippen LogP contribution in [0.25, 0.3) is 0 Å². The summed E-state index contributed by atoms with van der Waals surface area (Å²) in [6.45, 7) is 3.33. The van der Waals surface area contributed by atoms with Gasteiger partial charge in [0.1, 0.15) is 0 Å². The SMILES string of the molecule is O=C(CN1CCOCC1)Nc1cccc(CO)c1. The minimum atomic E-state index is -0.0352. The Morgan fingerprint density at radius 3 is 2.89 bits per heavy atom. The molecule has 1 aliphatic rings. The molecule has 0 unspecified atom stereocenters. The standard InChI is InChI=1S/C13H18N2O3/c16-10-11-2-1-3-12(8-11)14-13(17)9-15-4-6-18-7-5-15/h1-3,8,16H,4-7,9-10H2,(H,14,17). The van der Waals surface area contributed by atoms with Gasteiger partial charge < -0.3 is 15.2 Å². The first kappa shape index (κ1) is 13.0. The number of ether oxygens (including phenoxy) is 1. The molecule has 0 atom stereocenters. The number of aliphatic hydroxyl groups is 1. The summed E-state index contributed by atoms with van der Waals surface area (Å²) in [5, 5.41) is 11.9. The average molecular weight is 250 g/mol. The van der Waals surface area contributed by atoms with Crippen molar-refractivity contribution in [3.63, 3.8) is 0 Å². The van der Waals surface area contributed by atoms with Crippen molar-refractivity contribution in [1.29, 1.82) is 0 Å². The van der Waals surface area contributed by atoms with Crippen LogP contribution < -0.4 is 5.32 Å². The minimum absolute atomic E-state index is 0.0207. The number of hydrogen-bond acceptors (Lipinski definition) is 4. The van der Waals surface area contributed by atoms with Gasteiger partial charge in [0.25, 0.3) is 0 Å². The Kier molecular flexibility index (Phi) is 4.69. The fraction of sp³-hybridized carbons (Fsp3) is 0.462. The molecule has 1 aromatic rings. The summed E-state index contributed by atoms with van der Waals surface area (Å²) in [4.78, 5) is 13.9. The molecule has 5 nitrogen and oxygen atoms in total. The Balaban J connectivity index is 1.85. The zero-order valence-corrected chi connectivity index (χ0v) is 10.3. The van der Waals surface area contributed by atoms with Gasteiger partial charge in [-0.3, -0.25) is 9.69 Å². The van der Waals surface area contributed by atoms with Crippen molar-refractivity contribution >= 4 is 11.6 Å². The van der Waals surface area contributed by atoms with E-state index in [2.05, 4.69) is 10.2 Å². The highest BCUT2D eigenvalue weighted by atomic mass is 16.5. The van der Waals surface area contributed by atoms with Crippen LogP contribution in [0, 0.1) is 0 Å². The van der Waals surface area contributed by atoms with Gasteiger partial charge in [-0.15, -0.1) is 0 Å². The fourth-order valence-corrected chi connectivity index (χ4v) is 1.91.